The lowest BCUT2D eigenvalue weighted by molar-refractivity contribution is 0.391. The molecule has 1 aliphatic rings. The van der Waals surface area contributed by atoms with Gasteiger partial charge in [0.15, 0.2) is 11.6 Å². The van der Waals surface area contributed by atoms with Crippen LogP contribution in [-0.2, 0) is 10.0 Å². The number of halogens is 1. The van der Waals surface area contributed by atoms with Crippen molar-refractivity contribution in [2.45, 2.75) is 30.4 Å². The highest BCUT2D eigenvalue weighted by molar-refractivity contribution is 7.93. The Kier molecular flexibility index (Phi) is 6.31. The molecular weight excluding hydrogens is 491 g/mol. The molecule has 188 valence electrons. The summed E-state index contributed by atoms with van der Waals surface area (Å²) < 4.78 is 61.3. The molecule has 5 rings (SSSR count). The van der Waals surface area contributed by atoms with E-state index in [1.54, 1.807) is 30.3 Å². The fourth-order valence-electron chi connectivity index (χ4n) is 4.49. The predicted molar refractivity (Wildman–Crippen MR) is 127 cm³/mol. The Labute approximate surface area is 206 Å². The van der Waals surface area contributed by atoms with E-state index in [9.17, 15) is 12.8 Å². The number of nitrogens with one attached hydrogen (secondary N) is 1. The number of hydrogen-bond donors (Lipinski definition) is 1. The Morgan fingerprint density at radius 2 is 1.78 bits per heavy atom. The molecule has 2 atom stereocenters. The molecule has 3 heterocycles. The van der Waals surface area contributed by atoms with Crippen LogP contribution in [0.4, 0.5) is 10.3 Å². The number of anilines is 1. The fourth-order valence-corrected chi connectivity index (χ4v) is 6.19. The van der Waals surface area contributed by atoms with Crippen molar-refractivity contribution < 1.29 is 26.7 Å². The molecule has 1 fully saturated rings. The van der Waals surface area contributed by atoms with Gasteiger partial charge in [-0.05, 0) is 37.1 Å². The van der Waals surface area contributed by atoms with Crippen LogP contribution in [0.2, 0.25) is 0 Å². The molecule has 11 nitrogen and oxygen atoms in total. The minimum atomic E-state index is -4.00. The molecule has 13 heteroatoms. The van der Waals surface area contributed by atoms with E-state index in [4.69, 9.17) is 13.9 Å². The maximum absolute atomic E-state index is 13.6. The van der Waals surface area contributed by atoms with E-state index in [2.05, 4.69) is 24.9 Å². The van der Waals surface area contributed by atoms with Crippen molar-refractivity contribution in [3.05, 3.63) is 60.6 Å². The third-order valence-corrected chi connectivity index (χ3v) is 7.92. The van der Waals surface area contributed by atoms with Crippen LogP contribution >= 0.6 is 0 Å². The van der Waals surface area contributed by atoms with Crippen LogP contribution in [0, 0.1) is 5.82 Å². The topological polar surface area (TPSA) is 134 Å². The van der Waals surface area contributed by atoms with Crippen molar-refractivity contribution in [1.29, 1.82) is 0 Å². The first kappa shape index (κ1) is 23.7. The molecule has 0 unspecified atom stereocenters. The fraction of sp³-hybridized carbons (Fsp3) is 0.304. The summed E-state index contributed by atoms with van der Waals surface area (Å²) >= 11 is 0. The highest BCUT2D eigenvalue weighted by Crippen LogP contribution is 2.40. The van der Waals surface area contributed by atoms with E-state index >= 15 is 0 Å². The van der Waals surface area contributed by atoms with Gasteiger partial charge in [0.1, 0.15) is 23.0 Å². The molecule has 1 aliphatic carbocycles. The van der Waals surface area contributed by atoms with Crippen molar-refractivity contribution in [2.24, 2.45) is 0 Å². The van der Waals surface area contributed by atoms with Crippen LogP contribution in [0.25, 0.3) is 17.3 Å². The number of furan rings is 1. The third-order valence-electron chi connectivity index (χ3n) is 6.09. The first-order chi connectivity index (χ1) is 17.4. The first-order valence-electron chi connectivity index (χ1n) is 11.1. The van der Waals surface area contributed by atoms with Crippen LogP contribution in [0.15, 0.2) is 53.4 Å². The molecule has 0 amide bonds. The molecule has 0 saturated heterocycles. The van der Waals surface area contributed by atoms with Gasteiger partial charge in [-0.15, -0.1) is 10.2 Å². The maximum Gasteiger partial charge on any atom is 0.243 e. The van der Waals surface area contributed by atoms with Gasteiger partial charge in [0.2, 0.25) is 21.8 Å². The molecule has 4 aromatic rings. The first-order valence-corrected chi connectivity index (χ1v) is 12.7. The van der Waals surface area contributed by atoms with Crippen LogP contribution in [0.5, 0.6) is 11.5 Å². The summed E-state index contributed by atoms with van der Waals surface area (Å²) in [7, 11) is -1.02. The Balaban J connectivity index is 1.59. The second-order valence-corrected chi connectivity index (χ2v) is 10.1. The van der Waals surface area contributed by atoms with E-state index in [0.717, 1.165) is 12.4 Å². The predicted octanol–water partition coefficient (Wildman–Crippen LogP) is 3.55. The van der Waals surface area contributed by atoms with E-state index in [1.165, 1.54) is 25.0 Å². The minimum absolute atomic E-state index is 0.0742. The van der Waals surface area contributed by atoms with Gasteiger partial charge >= 0.3 is 0 Å². The lowest BCUT2D eigenvalue weighted by Crippen LogP contribution is -2.31. The summed E-state index contributed by atoms with van der Waals surface area (Å²) in [4.78, 5) is 8.04. The van der Waals surface area contributed by atoms with Gasteiger partial charge in [-0.2, -0.15) is 0 Å². The lowest BCUT2D eigenvalue weighted by Gasteiger charge is -2.21. The SMILES string of the molecule is COc1cccc(OC)c1-n1c(NS(=O)(=O)[C@H]2CCC[C@H]2c2ncc(F)cn2)nnc1-c1ccco1. The van der Waals surface area contributed by atoms with Crippen molar-refractivity contribution >= 4 is 16.0 Å². The quantitative estimate of drug-likeness (QED) is 0.374. The molecular formula is C23H23FN6O5S. The number of sulfonamides is 1. The third kappa shape index (κ3) is 4.26. The molecule has 36 heavy (non-hydrogen) atoms. The Morgan fingerprint density at radius 3 is 2.42 bits per heavy atom. The van der Waals surface area contributed by atoms with Crippen molar-refractivity contribution in [3.63, 3.8) is 0 Å². The molecule has 1 N–H and O–H groups in total. The number of hydrogen-bond acceptors (Lipinski definition) is 9. The van der Waals surface area contributed by atoms with Crippen molar-refractivity contribution in [3.8, 4) is 28.8 Å². The van der Waals surface area contributed by atoms with Gasteiger partial charge in [0, 0.05) is 5.92 Å². The number of benzene rings is 1. The number of para-hydroxylation sites is 1. The van der Waals surface area contributed by atoms with E-state index in [1.807, 2.05) is 0 Å². The lowest BCUT2D eigenvalue weighted by atomic mass is 10.1. The normalized spacial score (nSPS) is 17.8. The summed E-state index contributed by atoms with van der Waals surface area (Å²) in [5.41, 5.74) is 0.390. The van der Waals surface area contributed by atoms with E-state index in [-0.39, 0.29) is 17.6 Å². The maximum atomic E-state index is 13.6. The second-order valence-electron chi connectivity index (χ2n) is 8.15. The number of rotatable bonds is 8. The standard InChI is InChI=1S/C23H23FN6O5S/c1-33-16-7-4-8-17(34-2)20(16)30-22(18-9-5-11-35-18)27-28-23(30)29-36(31,32)19-10-3-6-15(19)21-25-12-14(24)13-26-21/h4-5,7-9,11-13,15,19H,3,6,10H2,1-2H3,(H,28,29)/t15-,19+/m1/s1. The zero-order valence-electron chi connectivity index (χ0n) is 19.5. The highest BCUT2D eigenvalue weighted by Gasteiger charge is 2.41. The average Bonchev–Trinajstić information content (AvgIpc) is 3.65. The summed E-state index contributed by atoms with van der Waals surface area (Å²) in [6.07, 6.45) is 5.15. The molecule has 3 aromatic heterocycles. The van der Waals surface area contributed by atoms with E-state index in [0.29, 0.717) is 42.2 Å². The van der Waals surface area contributed by atoms with Crippen LogP contribution in [-0.4, -0.2) is 52.6 Å². The summed E-state index contributed by atoms with van der Waals surface area (Å²) in [6.45, 7) is 0. The Bertz CT molecular complexity index is 1430. The average molecular weight is 515 g/mol. The van der Waals surface area contributed by atoms with Gasteiger partial charge in [-0.1, -0.05) is 12.5 Å². The molecule has 1 saturated carbocycles. The summed E-state index contributed by atoms with van der Waals surface area (Å²) in [6, 6.07) is 8.53. The second kappa shape index (κ2) is 9.57. The molecule has 0 aliphatic heterocycles. The molecule has 0 bridgehead atoms. The Morgan fingerprint density at radius 1 is 1.06 bits per heavy atom. The number of nitrogens with zero attached hydrogens (tertiary/aromatic N) is 5. The van der Waals surface area contributed by atoms with Crippen LogP contribution < -0.4 is 14.2 Å². The molecule has 0 spiro atoms. The zero-order valence-corrected chi connectivity index (χ0v) is 20.3. The number of aromatic nitrogens is 5. The highest BCUT2D eigenvalue weighted by atomic mass is 32.2. The monoisotopic (exact) mass is 514 g/mol. The van der Waals surface area contributed by atoms with Crippen molar-refractivity contribution in [1.82, 2.24) is 24.7 Å². The summed E-state index contributed by atoms with van der Waals surface area (Å²) in [5, 5.41) is 7.49. The van der Waals surface area contributed by atoms with Crippen LogP contribution in [0.1, 0.15) is 31.0 Å². The van der Waals surface area contributed by atoms with Gasteiger partial charge in [-0.25, -0.2) is 22.8 Å². The zero-order chi connectivity index (χ0) is 25.3. The molecule has 1 aromatic carbocycles. The van der Waals surface area contributed by atoms with Gasteiger partial charge in [-0.3, -0.25) is 9.29 Å². The van der Waals surface area contributed by atoms with Gasteiger partial charge < -0.3 is 13.9 Å². The smallest absolute Gasteiger partial charge is 0.243 e. The van der Waals surface area contributed by atoms with Crippen molar-refractivity contribution in [2.75, 3.05) is 18.9 Å². The summed E-state index contributed by atoms with van der Waals surface area (Å²) in [5.74, 6) is 0.540. The largest absolute Gasteiger partial charge is 0.494 e. The molecule has 0 radical (unpaired) electrons. The van der Waals surface area contributed by atoms with Gasteiger partial charge in [0.25, 0.3) is 0 Å². The Hall–Kier alpha value is -4.00. The van der Waals surface area contributed by atoms with E-state index < -0.39 is 27.0 Å². The number of ether oxygens (including phenoxy) is 2. The number of methoxy groups -OCH3 is 2. The van der Waals surface area contributed by atoms with Gasteiger partial charge in [0.05, 0.1) is 38.1 Å². The minimum Gasteiger partial charge on any atom is -0.494 e. The van der Waals surface area contributed by atoms with Crippen LogP contribution in [0.3, 0.4) is 0 Å².